The molecule has 0 bridgehead atoms. The zero-order chi connectivity index (χ0) is 9.68. The quantitative estimate of drug-likeness (QED) is 0.544. The molecule has 1 aromatic carbocycles. The van der Waals surface area contributed by atoms with E-state index in [-0.39, 0.29) is 0 Å². The first-order chi connectivity index (χ1) is 6.25. The van der Waals surface area contributed by atoms with E-state index in [0.717, 1.165) is 16.9 Å². The molecule has 0 unspecified atom stereocenters. The van der Waals surface area contributed by atoms with Crippen LogP contribution < -0.4 is 11.1 Å². The van der Waals surface area contributed by atoms with Crippen molar-refractivity contribution in [2.45, 2.75) is 13.3 Å². The van der Waals surface area contributed by atoms with E-state index in [9.17, 15) is 0 Å². The molecule has 0 saturated heterocycles. The molecule has 0 spiro atoms. The number of hydrogen-bond donors (Lipinski definition) is 2. The zero-order valence-electron chi connectivity index (χ0n) is 7.67. The SMILES string of the molecule is Cc1cccc(NCCC#N)c1N. The third-order valence-corrected chi connectivity index (χ3v) is 1.88. The predicted octanol–water partition coefficient (Wildman–Crippen LogP) is 1.90. The molecule has 1 rings (SSSR count). The summed E-state index contributed by atoms with van der Waals surface area (Å²) in [6.07, 6.45) is 0.493. The second kappa shape index (κ2) is 4.36. The fourth-order valence-corrected chi connectivity index (χ4v) is 1.09. The van der Waals surface area contributed by atoms with Crippen molar-refractivity contribution in [2.24, 2.45) is 0 Å². The second-order valence-electron chi connectivity index (χ2n) is 2.87. The number of para-hydroxylation sites is 1. The molecule has 0 aliphatic rings. The monoisotopic (exact) mass is 175 g/mol. The Morgan fingerprint density at radius 2 is 2.31 bits per heavy atom. The van der Waals surface area contributed by atoms with Crippen LogP contribution in [0, 0.1) is 18.3 Å². The summed E-state index contributed by atoms with van der Waals surface area (Å²) in [7, 11) is 0. The summed E-state index contributed by atoms with van der Waals surface area (Å²) >= 11 is 0. The van der Waals surface area contributed by atoms with Crippen molar-refractivity contribution in [3.8, 4) is 6.07 Å². The molecule has 0 saturated carbocycles. The zero-order valence-corrected chi connectivity index (χ0v) is 7.67. The van der Waals surface area contributed by atoms with Crippen molar-refractivity contribution in [3.05, 3.63) is 23.8 Å². The number of nitrogen functional groups attached to an aromatic ring is 1. The van der Waals surface area contributed by atoms with Gasteiger partial charge in [0.1, 0.15) is 0 Å². The Hall–Kier alpha value is -1.69. The van der Waals surface area contributed by atoms with E-state index < -0.39 is 0 Å². The molecule has 3 N–H and O–H groups in total. The molecule has 3 heteroatoms. The van der Waals surface area contributed by atoms with Gasteiger partial charge in [-0.25, -0.2) is 0 Å². The third kappa shape index (κ3) is 2.38. The minimum atomic E-state index is 0.493. The molecule has 0 aliphatic carbocycles. The minimum Gasteiger partial charge on any atom is -0.397 e. The van der Waals surface area contributed by atoms with Gasteiger partial charge in [-0.15, -0.1) is 0 Å². The number of hydrogen-bond acceptors (Lipinski definition) is 3. The maximum atomic E-state index is 8.35. The molecule has 0 aliphatic heterocycles. The van der Waals surface area contributed by atoms with Gasteiger partial charge in [-0.2, -0.15) is 5.26 Å². The lowest BCUT2D eigenvalue weighted by atomic mass is 10.2. The van der Waals surface area contributed by atoms with Crippen LogP contribution in [0.15, 0.2) is 18.2 Å². The fraction of sp³-hybridized carbons (Fsp3) is 0.300. The van der Waals surface area contributed by atoms with Crippen LogP contribution in [0.1, 0.15) is 12.0 Å². The van der Waals surface area contributed by atoms with Gasteiger partial charge in [-0.3, -0.25) is 0 Å². The smallest absolute Gasteiger partial charge is 0.0640 e. The lowest BCUT2D eigenvalue weighted by molar-refractivity contribution is 1.08. The van der Waals surface area contributed by atoms with Crippen LogP contribution in [0.4, 0.5) is 11.4 Å². The Morgan fingerprint density at radius 1 is 1.54 bits per heavy atom. The van der Waals surface area contributed by atoms with Gasteiger partial charge in [0.2, 0.25) is 0 Å². The van der Waals surface area contributed by atoms with E-state index in [1.54, 1.807) is 0 Å². The van der Waals surface area contributed by atoms with Gasteiger partial charge >= 0.3 is 0 Å². The standard InChI is InChI=1S/C10H13N3/c1-8-4-2-5-9(10(8)12)13-7-3-6-11/h2,4-5,13H,3,7,12H2,1H3. The number of benzene rings is 1. The van der Waals surface area contributed by atoms with Gasteiger partial charge in [-0.1, -0.05) is 12.1 Å². The highest BCUT2D eigenvalue weighted by molar-refractivity contribution is 5.69. The van der Waals surface area contributed by atoms with Crippen LogP contribution in [0.5, 0.6) is 0 Å². The first kappa shape index (κ1) is 9.40. The Bertz CT molecular complexity index is 325. The number of anilines is 2. The fourth-order valence-electron chi connectivity index (χ4n) is 1.09. The lowest BCUT2D eigenvalue weighted by Gasteiger charge is -2.09. The van der Waals surface area contributed by atoms with Gasteiger partial charge in [0, 0.05) is 6.54 Å². The summed E-state index contributed by atoms with van der Waals surface area (Å²) in [5, 5.41) is 11.5. The number of aryl methyl sites for hydroxylation is 1. The highest BCUT2D eigenvalue weighted by Crippen LogP contribution is 2.21. The molecule has 0 atom stereocenters. The Balaban J connectivity index is 2.67. The molecule has 0 fully saturated rings. The van der Waals surface area contributed by atoms with Crippen molar-refractivity contribution >= 4 is 11.4 Å². The van der Waals surface area contributed by atoms with E-state index in [4.69, 9.17) is 11.0 Å². The van der Waals surface area contributed by atoms with Gasteiger partial charge in [0.25, 0.3) is 0 Å². The van der Waals surface area contributed by atoms with Crippen molar-refractivity contribution in [1.29, 1.82) is 5.26 Å². The van der Waals surface area contributed by atoms with Gasteiger partial charge < -0.3 is 11.1 Å². The van der Waals surface area contributed by atoms with Gasteiger partial charge in [0.05, 0.1) is 23.9 Å². The van der Waals surface area contributed by atoms with Crippen LogP contribution in [-0.2, 0) is 0 Å². The Labute approximate surface area is 78.2 Å². The topological polar surface area (TPSA) is 61.8 Å². The largest absolute Gasteiger partial charge is 0.397 e. The molecule has 1 aromatic rings. The normalized spacial score (nSPS) is 9.23. The summed E-state index contributed by atoms with van der Waals surface area (Å²) in [6.45, 7) is 2.61. The molecule has 3 nitrogen and oxygen atoms in total. The third-order valence-electron chi connectivity index (χ3n) is 1.88. The predicted molar refractivity (Wildman–Crippen MR) is 54.3 cm³/mol. The van der Waals surface area contributed by atoms with Crippen LogP contribution in [-0.4, -0.2) is 6.54 Å². The van der Waals surface area contributed by atoms with Crippen molar-refractivity contribution in [1.82, 2.24) is 0 Å². The van der Waals surface area contributed by atoms with Crippen molar-refractivity contribution in [3.63, 3.8) is 0 Å². The maximum Gasteiger partial charge on any atom is 0.0640 e. The van der Waals surface area contributed by atoms with E-state index in [1.807, 2.05) is 25.1 Å². The van der Waals surface area contributed by atoms with Crippen LogP contribution in [0.25, 0.3) is 0 Å². The highest BCUT2D eigenvalue weighted by atomic mass is 14.9. The number of nitrogens with two attached hydrogens (primary N) is 1. The average Bonchev–Trinajstić information content (AvgIpc) is 2.13. The Kier molecular flexibility index (Phi) is 3.15. The summed E-state index contributed by atoms with van der Waals surface area (Å²) in [5.74, 6) is 0. The van der Waals surface area contributed by atoms with E-state index in [2.05, 4.69) is 11.4 Å². The van der Waals surface area contributed by atoms with Gasteiger partial charge in [-0.05, 0) is 18.6 Å². The molecule has 68 valence electrons. The summed E-state index contributed by atoms with van der Waals surface area (Å²) in [5.41, 5.74) is 8.55. The number of nitrogens with zero attached hydrogens (tertiary/aromatic N) is 1. The minimum absolute atomic E-state index is 0.493. The number of rotatable bonds is 3. The Morgan fingerprint density at radius 3 is 3.00 bits per heavy atom. The molecule has 0 aromatic heterocycles. The molecule has 0 radical (unpaired) electrons. The maximum absolute atomic E-state index is 8.35. The van der Waals surface area contributed by atoms with Crippen molar-refractivity contribution < 1.29 is 0 Å². The number of nitriles is 1. The lowest BCUT2D eigenvalue weighted by Crippen LogP contribution is -2.04. The molecule has 0 heterocycles. The first-order valence-electron chi connectivity index (χ1n) is 4.21. The van der Waals surface area contributed by atoms with Crippen LogP contribution >= 0.6 is 0 Å². The highest BCUT2D eigenvalue weighted by Gasteiger charge is 1.99. The first-order valence-corrected chi connectivity index (χ1v) is 4.21. The molecular formula is C10H13N3. The summed E-state index contributed by atoms with van der Waals surface area (Å²) in [6, 6.07) is 7.89. The molecular weight excluding hydrogens is 162 g/mol. The van der Waals surface area contributed by atoms with E-state index in [0.29, 0.717) is 13.0 Å². The van der Waals surface area contributed by atoms with Crippen LogP contribution in [0.3, 0.4) is 0 Å². The van der Waals surface area contributed by atoms with Gasteiger partial charge in [0.15, 0.2) is 0 Å². The van der Waals surface area contributed by atoms with E-state index >= 15 is 0 Å². The molecule has 0 amide bonds. The average molecular weight is 175 g/mol. The summed E-state index contributed by atoms with van der Waals surface area (Å²) in [4.78, 5) is 0. The summed E-state index contributed by atoms with van der Waals surface area (Å²) < 4.78 is 0. The number of nitrogens with one attached hydrogen (secondary N) is 1. The second-order valence-corrected chi connectivity index (χ2v) is 2.87. The molecule has 13 heavy (non-hydrogen) atoms. The van der Waals surface area contributed by atoms with Crippen LogP contribution in [0.2, 0.25) is 0 Å². The van der Waals surface area contributed by atoms with E-state index in [1.165, 1.54) is 0 Å². The van der Waals surface area contributed by atoms with Crippen molar-refractivity contribution in [2.75, 3.05) is 17.6 Å².